The summed E-state index contributed by atoms with van der Waals surface area (Å²) in [4.78, 5) is 0. The van der Waals surface area contributed by atoms with Crippen LogP contribution in [-0.2, 0) is 0 Å². The van der Waals surface area contributed by atoms with Crippen molar-refractivity contribution in [2.24, 2.45) is 0 Å². The maximum Gasteiger partial charge on any atom is 1.00 e. The van der Waals surface area contributed by atoms with E-state index in [1.54, 1.807) is 0 Å². The van der Waals surface area contributed by atoms with E-state index >= 15 is 0 Å². The summed E-state index contributed by atoms with van der Waals surface area (Å²) in [5.41, 5.74) is 0. The van der Waals surface area contributed by atoms with Crippen LogP contribution in [0.5, 0.6) is 0 Å². The summed E-state index contributed by atoms with van der Waals surface area (Å²) < 4.78 is 0. The fourth-order valence-corrected chi connectivity index (χ4v) is 0. The van der Waals surface area contributed by atoms with Crippen molar-refractivity contribution in [1.29, 1.82) is 0 Å². The van der Waals surface area contributed by atoms with Crippen molar-refractivity contribution in [2.45, 2.75) is 0 Å². The molecule has 0 spiro atoms. The fraction of sp³-hybridized carbons (Fsp3) is 0. The van der Waals surface area contributed by atoms with Gasteiger partial charge in [0.15, 0.2) is 0 Å². The second-order valence-corrected chi connectivity index (χ2v) is 0. The molecule has 0 fully saturated rings. The van der Waals surface area contributed by atoms with E-state index in [0.29, 0.717) is 0 Å². The van der Waals surface area contributed by atoms with E-state index in [2.05, 4.69) is 0 Å². The first-order chi connectivity index (χ1) is 0. The normalized spacial score (nSPS) is 0. The number of rotatable bonds is 0. The van der Waals surface area contributed by atoms with E-state index in [4.69, 9.17) is 0 Å². The van der Waals surface area contributed by atoms with Crippen molar-refractivity contribution in [3.63, 3.8) is 0 Å². The minimum absolute atomic E-state index is 0. The Labute approximate surface area is 91.2 Å². The smallest absolute Gasteiger partial charge is 1.00 e. The average molecular weight is 98.1 g/mol. The van der Waals surface area contributed by atoms with Gasteiger partial charge in [-0.3, -0.25) is 0 Å². The van der Waals surface area contributed by atoms with Gasteiger partial charge in [-0.2, -0.15) is 0 Å². The van der Waals surface area contributed by atoms with Gasteiger partial charge in [-0.15, -0.1) is 0 Å². The summed E-state index contributed by atoms with van der Waals surface area (Å²) in [5, 5.41) is 0. The maximum absolute atomic E-state index is 0. The second-order valence-electron chi connectivity index (χ2n) is 0. The SMILES string of the molecule is O.[H-].[K+].[Na+].[OH-]. The zero-order valence-corrected chi connectivity index (χ0v) is 8.07. The Morgan fingerprint density at radius 3 is 1.25 bits per heavy atom. The molecular weight excluding hydrogens is 94.1 g/mol. The number of hydrogen-bond acceptors (Lipinski definition) is 1. The third-order valence-electron chi connectivity index (χ3n) is 0. The van der Waals surface area contributed by atoms with Gasteiger partial charge in [0.05, 0.1) is 0 Å². The molecule has 0 heterocycles. The predicted molar refractivity (Wildman–Crippen MR) is 6.66 cm³/mol. The van der Waals surface area contributed by atoms with Crippen molar-refractivity contribution >= 4 is 0 Å². The summed E-state index contributed by atoms with van der Waals surface area (Å²) in [5.74, 6) is 0. The van der Waals surface area contributed by atoms with Gasteiger partial charge in [0.1, 0.15) is 0 Å². The Hall–Kier alpha value is 2.56. The van der Waals surface area contributed by atoms with Gasteiger partial charge in [0, 0.05) is 0 Å². The molecule has 4 heavy (non-hydrogen) atoms. The van der Waals surface area contributed by atoms with E-state index < -0.39 is 0 Å². The van der Waals surface area contributed by atoms with Crippen LogP contribution in [-0.4, -0.2) is 11.0 Å². The Morgan fingerprint density at radius 2 is 1.25 bits per heavy atom. The van der Waals surface area contributed by atoms with Crippen LogP contribution in [0.2, 0.25) is 0 Å². The van der Waals surface area contributed by atoms with Crippen molar-refractivity contribution in [3.05, 3.63) is 0 Å². The van der Waals surface area contributed by atoms with Gasteiger partial charge in [-0.05, 0) is 0 Å². The quantitative estimate of drug-likeness (QED) is 0.278. The molecule has 0 amide bonds. The van der Waals surface area contributed by atoms with Crippen LogP contribution in [0.25, 0.3) is 0 Å². The second kappa shape index (κ2) is 17.7. The Bertz CT molecular complexity index is 9.61. The van der Waals surface area contributed by atoms with Crippen LogP contribution in [0.1, 0.15) is 1.43 Å². The molecule has 0 rings (SSSR count). The average Bonchev–Trinajstić information content (AvgIpc) is 0. The zero-order valence-electron chi connectivity index (χ0n) is 3.95. The third kappa shape index (κ3) is 8.82. The molecule has 0 unspecified atom stereocenters. The third-order valence-corrected chi connectivity index (χ3v) is 0. The molecule has 0 aromatic rings. The molecule has 18 valence electrons. The van der Waals surface area contributed by atoms with Gasteiger partial charge in [0.2, 0.25) is 0 Å². The first-order valence-corrected chi connectivity index (χ1v) is 0. The fourth-order valence-electron chi connectivity index (χ4n) is 0. The van der Waals surface area contributed by atoms with Crippen LogP contribution in [0.3, 0.4) is 0 Å². The largest absolute Gasteiger partial charge is 1.00 e. The Morgan fingerprint density at radius 1 is 1.25 bits per heavy atom. The monoisotopic (exact) mass is 98.0 g/mol. The minimum atomic E-state index is 0. The van der Waals surface area contributed by atoms with Crippen molar-refractivity contribution in [1.82, 2.24) is 0 Å². The molecular formula is H4KNaO2. The van der Waals surface area contributed by atoms with Crippen molar-refractivity contribution in [2.75, 3.05) is 0 Å². The van der Waals surface area contributed by atoms with Crippen molar-refractivity contribution < 1.29 is 93.3 Å². The van der Waals surface area contributed by atoms with Crippen LogP contribution >= 0.6 is 0 Å². The van der Waals surface area contributed by atoms with Crippen LogP contribution in [0, 0.1) is 0 Å². The van der Waals surface area contributed by atoms with Crippen molar-refractivity contribution in [3.8, 4) is 0 Å². The number of hydrogen-bond donors (Lipinski definition) is 0. The standard InChI is InChI=1S/K.Na.2H2O.H/h;;2*1H2;/q2*+1;;;-1/p-1. The van der Waals surface area contributed by atoms with Crippen LogP contribution < -0.4 is 80.9 Å². The van der Waals surface area contributed by atoms with E-state index in [9.17, 15) is 0 Å². The van der Waals surface area contributed by atoms with Gasteiger partial charge < -0.3 is 12.4 Å². The zero-order chi connectivity index (χ0) is 0. The van der Waals surface area contributed by atoms with E-state index in [-0.39, 0.29) is 93.3 Å². The van der Waals surface area contributed by atoms with Gasteiger partial charge in [0.25, 0.3) is 0 Å². The Balaban J connectivity index is 0. The molecule has 4 heteroatoms. The molecule has 0 radical (unpaired) electrons. The topological polar surface area (TPSA) is 61.5 Å². The van der Waals surface area contributed by atoms with E-state index in [1.165, 1.54) is 0 Å². The molecule has 0 aliphatic carbocycles. The molecule has 0 saturated carbocycles. The summed E-state index contributed by atoms with van der Waals surface area (Å²) >= 11 is 0. The summed E-state index contributed by atoms with van der Waals surface area (Å²) in [6.07, 6.45) is 0. The van der Waals surface area contributed by atoms with Crippen LogP contribution in [0.15, 0.2) is 0 Å². The molecule has 0 saturated heterocycles. The summed E-state index contributed by atoms with van der Waals surface area (Å²) in [6, 6.07) is 0. The summed E-state index contributed by atoms with van der Waals surface area (Å²) in [7, 11) is 0. The van der Waals surface area contributed by atoms with E-state index in [1.807, 2.05) is 0 Å². The van der Waals surface area contributed by atoms with Gasteiger partial charge in [-0.1, -0.05) is 0 Å². The molecule has 0 aromatic carbocycles. The Kier molecular flexibility index (Phi) is 137. The molecule has 3 N–H and O–H groups in total. The van der Waals surface area contributed by atoms with Gasteiger partial charge >= 0.3 is 80.9 Å². The molecule has 0 bridgehead atoms. The maximum atomic E-state index is 0. The van der Waals surface area contributed by atoms with Crippen LogP contribution in [0.4, 0.5) is 0 Å². The first kappa shape index (κ1) is 31.0. The minimum Gasteiger partial charge on any atom is -1.00 e. The molecule has 0 aliphatic heterocycles. The molecule has 0 aliphatic rings. The van der Waals surface area contributed by atoms with Gasteiger partial charge in [-0.25, -0.2) is 0 Å². The first-order valence-electron chi connectivity index (χ1n) is 0. The summed E-state index contributed by atoms with van der Waals surface area (Å²) in [6.45, 7) is 0. The van der Waals surface area contributed by atoms with E-state index in [0.717, 1.165) is 0 Å². The molecule has 0 atom stereocenters. The molecule has 0 aromatic heterocycles. The molecule has 2 nitrogen and oxygen atoms in total. The predicted octanol–water partition coefficient (Wildman–Crippen LogP) is -6.88.